The highest BCUT2D eigenvalue weighted by Crippen LogP contribution is 2.12. The molecule has 2 rings (SSSR count). The summed E-state index contributed by atoms with van der Waals surface area (Å²) in [4.78, 5) is 22.8. The van der Waals surface area contributed by atoms with E-state index in [4.69, 9.17) is 4.74 Å². The lowest BCUT2D eigenvalue weighted by atomic mass is 10.1. The molecule has 0 aliphatic carbocycles. The maximum Gasteiger partial charge on any atom is 0.224 e. The fourth-order valence-electron chi connectivity index (χ4n) is 2.04. The van der Waals surface area contributed by atoms with Crippen molar-refractivity contribution in [2.45, 2.75) is 25.8 Å². The third kappa shape index (κ3) is 3.98. The van der Waals surface area contributed by atoms with Crippen LogP contribution in [0.15, 0.2) is 24.3 Å². The Kier molecular flexibility index (Phi) is 4.39. The van der Waals surface area contributed by atoms with Crippen LogP contribution >= 0.6 is 0 Å². The zero-order valence-electron chi connectivity index (χ0n) is 10.9. The normalized spacial score (nSPS) is 17.9. The Morgan fingerprint density at radius 1 is 1.42 bits per heavy atom. The molecule has 1 aromatic carbocycles. The van der Waals surface area contributed by atoms with Crippen LogP contribution in [0.1, 0.15) is 18.9 Å². The van der Waals surface area contributed by atoms with E-state index in [1.165, 1.54) is 0 Å². The summed E-state index contributed by atoms with van der Waals surface area (Å²) in [6.07, 6.45) is 0.687. The van der Waals surface area contributed by atoms with Crippen LogP contribution in [-0.2, 0) is 16.0 Å². The molecule has 19 heavy (non-hydrogen) atoms. The predicted molar refractivity (Wildman–Crippen MR) is 70.9 cm³/mol. The van der Waals surface area contributed by atoms with E-state index in [9.17, 15) is 9.59 Å². The zero-order valence-corrected chi connectivity index (χ0v) is 10.9. The highest BCUT2D eigenvalue weighted by Gasteiger charge is 2.22. The van der Waals surface area contributed by atoms with Gasteiger partial charge in [-0.2, -0.15) is 0 Å². The lowest BCUT2D eigenvalue weighted by Gasteiger charge is -2.10. The minimum absolute atomic E-state index is 0.00799. The molecule has 0 saturated carbocycles. The molecule has 2 amide bonds. The average molecular weight is 262 g/mol. The van der Waals surface area contributed by atoms with E-state index in [0.29, 0.717) is 26.0 Å². The second-order valence-corrected chi connectivity index (χ2v) is 4.53. The van der Waals surface area contributed by atoms with Gasteiger partial charge in [-0.3, -0.25) is 9.59 Å². The number of benzene rings is 1. The standard InChI is InChI=1S/C14H18N2O3/c1-2-19-12-5-3-10(4-6-12)7-14(18)16-11-8-13(17)15-9-11/h3-6,11H,2,7-9H2,1H3,(H,15,17)(H,16,18)/t11-/m1/s1. The van der Waals surface area contributed by atoms with Crippen molar-refractivity contribution in [1.82, 2.24) is 10.6 Å². The maximum absolute atomic E-state index is 11.8. The van der Waals surface area contributed by atoms with E-state index in [1.54, 1.807) is 0 Å². The monoisotopic (exact) mass is 262 g/mol. The van der Waals surface area contributed by atoms with Crippen LogP contribution in [0, 0.1) is 0 Å². The molecule has 1 atom stereocenters. The van der Waals surface area contributed by atoms with Gasteiger partial charge in [0.1, 0.15) is 5.75 Å². The Balaban J connectivity index is 1.83. The summed E-state index contributed by atoms with van der Waals surface area (Å²) < 4.78 is 5.34. The Morgan fingerprint density at radius 2 is 2.16 bits per heavy atom. The number of rotatable bonds is 5. The van der Waals surface area contributed by atoms with Gasteiger partial charge in [0.15, 0.2) is 0 Å². The smallest absolute Gasteiger partial charge is 0.224 e. The molecule has 0 radical (unpaired) electrons. The van der Waals surface area contributed by atoms with Crippen LogP contribution < -0.4 is 15.4 Å². The van der Waals surface area contributed by atoms with Crippen molar-refractivity contribution in [2.24, 2.45) is 0 Å². The third-order valence-corrected chi connectivity index (χ3v) is 2.94. The Hall–Kier alpha value is -2.04. The summed E-state index contributed by atoms with van der Waals surface area (Å²) >= 11 is 0. The summed E-state index contributed by atoms with van der Waals surface area (Å²) in [5, 5.41) is 5.53. The molecule has 0 bridgehead atoms. The molecular formula is C14H18N2O3. The van der Waals surface area contributed by atoms with Gasteiger partial charge in [0, 0.05) is 13.0 Å². The summed E-state index contributed by atoms with van der Waals surface area (Å²) in [6.45, 7) is 3.08. The van der Waals surface area contributed by atoms with Crippen LogP contribution in [0.3, 0.4) is 0 Å². The van der Waals surface area contributed by atoms with Gasteiger partial charge in [-0.05, 0) is 24.6 Å². The number of carbonyl (C=O) groups excluding carboxylic acids is 2. The highest BCUT2D eigenvalue weighted by molar-refractivity contribution is 5.83. The average Bonchev–Trinajstić information content (AvgIpc) is 2.77. The summed E-state index contributed by atoms with van der Waals surface area (Å²) in [6, 6.07) is 7.38. The SMILES string of the molecule is CCOc1ccc(CC(=O)N[C@H]2CNC(=O)C2)cc1. The number of carbonyl (C=O) groups is 2. The van der Waals surface area contributed by atoms with Crippen molar-refractivity contribution in [3.63, 3.8) is 0 Å². The molecule has 0 spiro atoms. The van der Waals surface area contributed by atoms with Crippen molar-refractivity contribution in [3.05, 3.63) is 29.8 Å². The Labute approximate surface area is 112 Å². The highest BCUT2D eigenvalue weighted by atomic mass is 16.5. The zero-order chi connectivity index (χ0) is 13.7. The van der Waals surface area contributed by atoms with Gasteiger partial charge >= 0.3 is 0 Å². The second-order valence-electron chi connectivity index (χ2n) is 4.53. The molecule has 1 aliphatic heterocycles. The van der Waals surface area contributed by atoms with E-state index >= 15 is 0 Å². The number of nitrogens with one attached hydrogen (secondary N) is 2. The quantitative estimate of drug-likeness (QED) is 0.818. The van der Waals surface area contributed by atoms with Crippen molar-refractivity contribution in [3.8, 4) is 5.75 Å². The van der Waals surface area contributed by atoms with E-state index in [1.807, 2.05) is 31.2 Å². The fourth-order valence-corrected chi connectivity index (χ4v) is 2.04. The minimum Gasteiger partial charge on any atom is -0.494 e. The second kappa shape index (κ2) is 6.22. The van der Waals surface area contributed by atoms with Gasteiger partial charge in [-0.25, -0.2) is 0 Å². The maximum atomic E-state index is 11.8. The Bertz CT molecular complexity index is 456. The van der Waals surface area contributed by atoms with Crippen LogP contribution in [0.5, 0.6) is 5.75 Å². The first kappa shape index (κ1) is 13.4. The van der Waals surface area contributed by atoms with Gasteiger partial charge in [-0.15, -0.1) is 0 Å². The molecule has 0 aromatic heterocycles. The van der Waals surface area contributed by atoms with Gasteiger partial charge < -0.3 is 15.4 Å². The molecular weight excluding hydrogens is 244 g/mol. The van der Waals surface area contributed by atoms with Crippen molar-refractivity contribution in [1.29, 1.82) is 0 Å². The van der Waals surface area contributed by atoms with E-state index in [0.717, 1.165) is 11.3 Å². The van der Waals surface area contributed by atoms with Gasteiger partial charge in [0.05, 0.1) is 19.1 Å². The van der Waals surface area contributed by atoms with Crippen LogP contribution in [0.2, 0.25) is 0 Å². The fraction of sp³-hybridized carbons (Fsp3) is 0.429. The first-order valence-corrected chi connectivity index (χ1v) is 6.45. The van der Waals surface area contributed by atoms with Gasteiger partial charge in [-0.1, -0.05) is 12.1 Å². The molecule has 5 heteroatoms. The molecule has 1 aliphatic rings. The number of hydrogen-bond donors (Lipinski definition) is 2. The topological polar surface area (TPSA) is 67.4 Å². The Morgan fingerprint density at radius 3 is 2.74 bits per heavy atom. The van der Waals surface area contributed by atoms with Crippen molar-refractivity contribution < 1.29 is 14.3 Å². The summed E-state index contributed by atoms with van der Waals surface area (Å²) in [5.74, 6) is 0.731. The molecule has 2 N–H and O–H groups in total. The first-order valence-electron chi connectivity index (χ1n) is 6.45. The largest absolute Gasteiger partial charge is 0.494 e. The number of ether oxygens (including phenoxy) is 1. The van der Waals surface area contributed by atoms with Gasteiger partial charge in [0.2, 0.25) is 11.8 Å². The van der Waals surface area contributed by atoms with E-state index in [-0.39, 0.29) is 17.9 Å². The molecule has 1 aromatic rings. The van der Waals surface area contributed by atoms with Gasteiger partial charge in [0.25, 0.3) is 0 Å². The molecule has 1 heterocycles. The third-order valence-electron chi connectivity index (χ3n) is 2.94. The predicted octanol–water partition coefficient (Wildman–Crippen LogP) is 0.632. The summed E-state index contributed by atoms with van der Waals surface area (Å²) in [5.41, 5.74) is 0.929. The van der Waals surface area contributed by atoms with E-state index in [2.05, 4.69) is 10.6 Å². The molecule has 1 saturated heterocycles. The van der Waals surface area contributed by atoms with E-state index < -0.39 is 0 Å². The summed E-state index contributed by atoms with van der Waals surface area (Å²) in [7, 11) is 0. The lowest BCUT2D eigenvalue weighted by Crippen LogP contribution is -2.37. The van der Waals surface area contributed by atoms with Crippen molar-refractivity contribution in [2.75, 3.05) is 13.2 Å². The van der Waals surface area contributed by atoms with Crippen LogP contribution in [-0.4, -0.2) is 31.0 Å². The first-order chi connectivity index (χ1) is 9.17. The van der Waals surface area contributed by atoms with Crippen molar-refractivity contribution >= 4 is 11.8 Å². The number of amides is 2. The molecule has 1 fully saturated rings. The number of hydrogen-bond acceptors (Lipinski definition) is 3. The molecule has 0 unspecified atom stereocenters. The minimum atomic E-state index is -0.0808. The van der Waals surface area contributed by atoms with Crippen LogP contribution in [0.25, 0.3) is 0 Å². The lowest BCUT2D eigenvalue weighted by molar-refractivity contribution is -0.121. The molecule has 5 nitrogen and oxygen atoms in total. The van der Waals surface area contributed by atoms with Crippen LogP contribution in [0.4, 0.5) is 0 Å². The molecule has 102 valence electrons.